The third kappa shape index (κ3) is 4.01. The zero-order chi connectivity index (χ0) is 17.5. The van der Waals surface area contributed by atoms with Crippen molar-refractivity contribution >= 4 is 31.1 Å². The van der Waals surface area contributed by atoms with E-state index in [4.69, 9.17) is 0 Å². The van der Waals surface area contributed by atoms with Gasteiger partial charge in [-0.3, -0.25) is 0 Å². The fourth-order valence-electron chi connectivity index (χ4n) is 3.45. The number of benzene rings is 3. The summed E-state index contributed by atoms with van der Waals surface area (Å²) in [5.41, 5.74) is 0.497. The van der Waals surface area contributed by atoms with Gasteiger partial charge in [-0.05, 0) is 0 Å². The minimum atomic E-state index is -2.11. The van der Waals surface area contributed by atoms with E-state index in [1.54, 1.807) is 0 Å². The maximum atomic E-state index is 9.47. The summed E-state index contributed by atoms with van der Waals surface area (Å²) < 4.78 is 0. The van der Waals surface area contributed by atoms with E-state index in [-0.39, 0.29) is 6.61 Å². The molecule has 0 aromatic heterocycles. The Balaban J connectivity index is 2.24. The van der Waals surface area contributed by atoms with Crippen molar-refractivity contribution in [2.75, 3.05) is 6.61 Å². The van der Waals surface area contributed by atoms with Crippen molar-refractivity contribution in [1.82, 2.24) is 0 Å². The fourth-order valence-corrected chi connectivity index (χ4v) is 13.7. The first-order valence-corrected chi connectivity index (χ1v) is 12.9. The standard InChI is InChI=1S/C22H26OP2/c1-19(17-18-23)24-25(20-11-5-2-6-12-20,21-13-7-3-8-14-21)22-15-9-4-10-16-22/h2-16,19,23-25H,17-18H2,1H3. The Kier molecular flexibility index (Phi) is 6.38. The second kappa shape index (κ2) is 8.72. The van der Waals surface area contributed by atoms with Gasteiger partial charge in [0, 0.05) is 0 Å². The van der Waals surface area contributed by atoms with Crippen molar-refractivity contribution in [1.29, 1.82) is 0 Å². The van der Waals surface area contributed by atoms with Crippen molar-refractivity contribution in [3.8, 4) is 0 Å². The second-order valence-corrected chi connectivity index (χ2v) is 14.0. The molecule has 0 aliphatic heterocycles. The first-order chi connectivity index (χ1) is 12.3. The van der Waals surface area contributed by atoms with Gasteiger partial charge < -0.3 is 0 Å². The molecule has 3 heteroatoms. The second-order valence-electron chi connectivity index (χ2n) is 6.41. The predicted octanol–water partition coefficient (Wildman–Crippen LogP) is 4.08. The van der Waals surface area contributed by atoms with Crippen LogP contribution in [0.25, 0.3) is 0 Å². The molecule has 0 spiro atoms. The van der Waals surface area contributed by atoms with Crippen molar-refractivity contribution in [3.05, 3.63) is 91.0 Å². The van der Waals surface area contributed by atoms with Gasteiger partial charge in [-0.1, -0.05) is 0 Å². The quantitative estimate of drug-likeness (QED) is 0.623. The number of hydrogen-bond donors (Lipinski definition) is 1. The summed E-state index contributed by atoms with van der Waals surface area (Å²) in [6.07, 6.45) is 0.861. The van der Waals surface area contributed by atoms with Crippen molar-refractivity contribution in [3.63, 3.8) is 0 Å². The predicted molar refractivity (Wildman–Crippen MR) is 116 cm³/mol. The zero-order valence-electron chi connectivity index (χ0n) is 14.6. The van der Waals surface area contributed by atoms with Crippen LogP contribution in [0, 0.1) is 0 Å². The molecule has 0 saturated heterocycles. The molecule has 25 heavy (non-hydrogen) atoms. The van der Waals surface area contributed by atoms with Gasteiger partial charge in [-0.2, -0.15) is 0 Å². The summed E-state index contributed by atoms with van der Waals surface area (Å²) in [4.78, 5) is 0. The maximum absolute atomic E-state index is 9.47. The molecule has 1 N–H and O–H groups in total. The summed E-state index contributed by atoms with van der Waals surface area (Å²) in [5, 5.41) is 13.8. The van der Waals surface area contributed by atoms with Crippen LogP contribution in [-0.4, -0.2) is 17.4 Å². The summed E-state index contributed by atoms with van der Waals surface area (Å²) in [7, 11) is 0.785. The molecule has 3 aromatic carbocycles. The molecule has 0 radical (unpaired) electrons. The number of aliphatic hydroxyl groups excluding tert-OH is 1. The molecule has 3 aromatic rings. The van der Waals surface area contributed by atoms with E-state index in [9.17, 15) is 5.11 Å². The summed E-state index contributed by atoms with van der Waals surface area (Å²) in [6, 6.07) is 33.0. The Bertz CT molecular complexity index is 663. The number of rotatable bonds is 7. The van der Waals surface area contributed by atoms with Crippen molar-refractivity contribution in [2.24, 2.45) is 0 Å². The van der Waals surface area contributed by atoms with Crippen LogP contribution < -0.4 is 15.9 Å². The first kappa shape index (κ1) is 18.3. The monoisotopic (exact) mass is 368 g/mol. The third-order valence-corrected chi connectivity index (χ3v) is 14.8. The van der Waals surface area contributed by atoms with E-state index in [0.29, 0.717) is 5.66 Å². The third-order valence-electron chi connectivity index (χ3n) is 4.65. The van der Waals surface area contributed by atoms with E-state index in [2.05, 4.69) is 97.9 Å². The van der Waals surface area contributed by atoms with Gasteiger partial charge in [0.2, 0.25) is 0 Å². The van der Waals surface area contributed by atoms with Crippen LogP contribution >= 0.6 is 15.2 Å². The van der Waals surface area contributed by atoms with Gasteiger partial charge in [0.1, 0.15) is 0 Å². The molecule has 0 amide bonds. The van der Waals surface area contributed by atoms with Crippen LogP contribution in [0.15, 0.2) is 91.0 Å². The topological polar surface area (TPSA) is 20.2 Å². The summed E-state index contributed by atoms with van der Waals surface area (Å²) in [6.45, 7) is 0.436. The molecule has 1 nitrogen and oxygen atoms in total. The van der Waals surface area contributed by atoms with Crippen LogP contribution in [0.2, 0.25) is 0 Å². The summed E-state index contributed by atoms with van der Waals surface area (Å²) in [5.74, 6) is 0. The Hall–Kier alpha value is -1.52. The molecule has 0 bridgehead atoms. The van der Waals surface area contributed by atoms with Crippen molar-refractivity contribution < 1.29 is 5.11 Å². The van der Waals surface area contributed by atoms with Gasteiger partial charge in [-0.25, -0.2) is 0 Å². The van der Waals surface area contributed by atoms with Crippen LogP contribution in [0.4, 0.5) is 0 Å². The Morgan fingerprint density at radius 3 is 1.40 bits per heavy atom. The normalized spacial score (nSPS) is 13.8. The molecule has 2 unspecified atom stereocenters. The van der Waals surface area contributed by atoms with Gasteiger partial charge in [0.15, 0.2) is 0 Å². The molecule has 3 rings (SSSR count). The average Bonchev–Trinajstić information content (AvgIpc) is 2.68. The first-order valence-electron chi connectivity index (χ1n) is 8.82. The molecule has 2 atom stereocenters. The van der Waals surface area contributed by atoms with Crippen LogP contribution in [0.5, 0.6) is 0 Å². The fraction of sp³-hybridized carbons (Fsp3) is 0.182. The molecule has 0 aliphatic rings. The Labute approximate surface area is 153 Å². The van der Waals surface area contributed by atoms with Gasteiger partial charge in [0.05, 0.1) is 0 Å². The minimum absolute atomic E-state index is 0.261. The van der Waals surface area contributed by atoms with E-state index >= 15 is 0 Å². The molecule has 0 fully saturated rings. The molecule has 0 saturated carbocycles. The Morgan fingerprint density at radius 2 is 1.08 bits per heavy atom. The SMILES string of the molecule is CC(CCO)P[PH](c1ccccc1)(c1ccccc1)c1ccccc1. The molecule has 130 valence electrons. The molecule has 0 heterocycles. The average molecular weight is 368 g/mol. The van der Waals surface area contributed by atoms with Gasteiger partial charge in [0.25, 0.3) is 0 Å². The zero-order valence-corrected chi connectivity index (χ0v) is 16.6. The van der Waals surface area contributed by atoms with Crippen LogP contribution in [0.3, 0.4) is 0 Å². The van der Waals surface area contributed by atoms with E-state index in [0.717, 1.165) is 14.7 Å². The van der Waals surface area contributed by atoms with Crippen LogP contribution in [0.1, 0.15) is 13.3 Å². The van der Waals surface area contributed by atoms with E-state index in [1.807, 2.05) is 0 Å². The van der Waals surface area contributed by atoms with E-state index < -0.39 is 6.95 Å². The molecular weight excluding hydrogens is 342 g/mol. The van der Waals surface area contributed by atoms with E-state index in [1.165, 1.54) is 15.9 Å². The van der Waals surface area contributed by atoms with Crippen LogP contribution in [-0.2, 0) is 0 Å². The van der Waals surface area contributed by atoms with Crippen molar-refractivity contribution in [2.45, 2.75) is 19.0 Å². The van der Waals surface area contributed by atoms with Gasteiger partial charge in [-0.15, -0.1) is 0 Å². The molecule has 0 aliphatic carbocycles. The Morgan fingerprint density at radius 1 is 0.720 bits per heavy atom. The number of aliphatic hydroxyl groups is 1. The molecular formula is C22H26OP2. The van der Waals surface area contributed by atoms with Gasteiger partial charge >= 0.3 is 153 Å². The summed E-state index contributed by atoms with van der Waals surface area (Å²) >= 11 is 0. The number of hydrogen-bond acceptors (Lipinski definition) is 1.